The Morgan fingerprint density at radius 3 is 2.71 bits per heavy atom. The zero-order chi connectivity index (χ0) is 35.0. The molecule has 2 heterocycles. The number of alkyl halides is 1. The van der Waals surface area contributed by atoms with Crippen LogP contribution in [0.15, 0.2) is 48.6 Å². The summed E-state index contributed by atoms with van der Waals surface area (Å²) in [4.78, 5) is 29.2. The number of anilines is 1. The van der Waals surface area contributed by atoms with Gasteiger partial charge in [0, 0.05) is 54.9 Å². The highest BCUT2D eigenvalue weighted by Crippen LogP contribution is 2.50. The SMILES string of the molecule is CO[C@@]1(CC(=O)CCCCl)/C=C/C[C@H](C)[C@@H](C)S(=O)(=O)NC(=O)c2ccc3c(c2)N(C[C@@H]2CC[C@H]21)C[C@@]1(CCCc2cc(Cl)ccc21)CO3. The fourth-order valence-corrected chi connectivity index (χ4v) is 10.1. The molecule has 0 radical (unpaired) electrons. The van der Waals surface area contributed by atoms with Crippen LogP contribution in [0.2, 0.25) is 5.02 Å². The Morgan fingerprint density at radius 1 is 1.16 bits per heavy atom. The Morgan fingerprint density at radius 2 is 1.98 bits per heavy atom. The van der Waals surface area contributed by atoms with Crippen molar-refractivity contribution in [3.63, 3.8) is 0 Å². The summed E-state index contributed by atoms with van der Waals surface area (Å²) < 4.78 is 42.2. The van der Waals surface area contributed by atoms with Gasteiger partial charge in [-0.1, -0.05) is 36.7 Å². The average Bonchev–Trinajstić information content (AvgIpc) is 3.21. The highest BCUT2D eigenvalue weighted by Gasteiger charge is 2.49. The first-order valence-corrected chi connectivity index (χ1v) is 20.0. The van der Waals surface area contributed by atoms with Crippen LogP contribution in [0, 0.1) is 17.8 Å². The highest BCUT2D eigenvalue weighted by molar-refractivity contribution is 7.90. The molecule has 6 atom stereocenters. The number of sulfonamides is 1. The van der Waals surface area contributed by atoms with Crippen LogP contribution in [-0.2, 0) is 31.4 Å². The quantitative estimate of drug-likeness (QED) is 0.247. The first kappa shape index (κ1) is 36.2. The maximum Gasteiger partial charge on any atom is 0.264 e. The van der Waals surface area contributed by atoms with E-state index in [2.05, 4.69) is 21.8 Å². The molecule has 1 amide bonds. The maximum atomic E-state index is 13.5. The summed E-state index contributed by atoms with van der Waals surface area (Å²) >= 11 is 12.4. The zero-order valence-corrected chi connectivity index (χ0v) is 31.0. The number of carbonyl (C=O) groups is 2. The molecular formula is C38H48Cl2N2O6S. The molecule has 2 aromatic rings. The molecule has 2 aliphatic carbocycles. The van der Waals surface area contributed by atoms with Crippen molar-refractivity contribution in [1.29, 1.82) is 0 Å². The van der Waals surface area contributed by atoms with Gasteiger partial charge in [-0.2, -0.15) is 0 Å². The van der Waals surface area contributed by atoms with E-state index in [1.54, 1.807) is 32.2 Å². The summed E-state index contributed by atoms with van der Waals surface area (Å²) in [5.41, 5.74) is 2.34. The topological polar surface area (TPSA) is 102 Å². The Labute approximate surface area is 300 Å². The molecule has 8 nitrogen and oxygen atoms in total. The number of methoxy groups -OCH3 is 1. The second-order valence-corrected chi connectivity index (χ2v) is 17.5. The molecule has 1 saturated carbocycles. The molecule has 49 heavy (non-hydrogen) atoms. The van der Waals surface area contributed by atoms with Gasteiger partial charge in [-0.3, -0.25) is 9.59 Å². The Kier molecular flexibility index (Phi) is 10.8. The number of hydrogen-bond acceptors (Lipinski definition) is 7. The number of fused-ring (bicyclic) bond motifs is 4. The van der Waals surface area contributed by atoms with Crippen LogP contribution in [0.5, 0.6) is 5.75 Å². The first-order valence-electron chi connectivity index (χ1n) is 17.6. The minimum Gasteiger partial charge on any atom is -0.490 e. The fourth-order valence-electron chi connectivity index (χ4n) is 8.50. The van der Waals surface area contributed by atoms with E-state index >= 15 is 0 Å². The van der Waals surface area contributed by atoms with Gasteiger partial charge in [0.2, 0.25) is 10.0 Å². The number of aryl methyl sites for hydroxylation is 1. The molecule has 2 bridgehead atoms. The number of ketones is 1. The van der Waals surface area contributed by atoms with Crippen molar-refractivity contribution in [2.24, 2.45) is 17.8 Å². The molecule has 0 saturated heterocycles. The second-order valence-electron chi connectivity index (χ2n) is 14.7. The number of benzene rings is 2. The van der Waals surface area contributed by atoms with E-state index in [1.807, 2.05) is 25.1 Å². The van der Waals surface area contributed by atoms with Crippen molar-refractivity contribution in [3.8, 4) is 5.75 Å². The van der Waals surface area contributed by atoms with Crippen LogP contribution in [-0.4, -0.2) is 63.6 Å². The van der Waals surface area contributed by atoms with E-state index in [9.17, 15) is 18.0 Å². The van der Waals surface area contributed by atoms with Crippen molar-refractivity contribution in [1.82, 2.24) is 4.72 Å². The number of nitrogens with one attached hydrogen (secondary N) is 1. The van der Waals surface area contributed by atoms with E-state index in [0.717, 1.165) is 42.8 Å². The van der Waals surface area contributed by atoms with Crippen LogP contribution in [0.1, 0.15) is 86.7 Å². The number of amides is 1. The van der Waals surface area contributed by atoms with Gasteiger partial charge in [-0.25, -0.2) is 13.1 Å². The number of carbonyl (C=O) groups excluding carboxylic acids is 2. The molecule has 1 fully saturated rings. The molecule has 2 aromatic carbocycles. The van der Waals surface area contributed by atoms with Crippen LogP contribution in [0.3, 0.4) is 0 Å². The first-order chi connectivity index (χ1) is 23.4. The number of hydrogen-bond donors (Lipinski definition) is 1. The van der Waals surface area contributed by atoms with Gasteiger partial charge in [-0.15, -0.1) is 11.6 Å². The molecule has 0 unspecified atom stereocenters. The van der Waals surface area contributed by atoms with Crippen LogP contribution < -0.4 is 14.4 Å². The van der Waals surface area contributed by atoms with Crippen LogP contribution >= 0.6 is 23.2 Å². The van der Waals surface area contributed by atoms with Crippen molar-refractivity contribution in [2.45, 2.75) is 87.9 Å². The van der Waals surface area contributed by atoms with Crippen LogP contribution in [0.25, 0.3) is 0 Å². The van der Waals surface area contributed by atoms with Gasteiger partial charge < -0.3 is 14.4 Å². The Bertz CT molecular complexity index is 1720. The van der Waals surface area contributed by atoms with E-state index in [1.165, 1.54) is 11.1 Å². The minimum atomic E-state index is -4.00. The Balaban J connectivity index is 1.45. The highest BCUT2D eigenvalue weighted by atomic mass is 35.5. The normalized spacial score (nSPS) is 31.7. The van der Waals surface area contributed by atoms with Crippen molar-refractivity contribution in [3.05, 3.63) is 70.3 Å². The summed E-state index contributed by atoms with van der Waals surface area (Å²) in [6.45, 7) is 5.27. The number of rotatable bonds is 6. The molecule has 2 aliphatic heterocycles. The third kappa shape index (κ3) is 7.28. The smallest absolute Gasteiger partial charge is 0.264 e. The van der Waals surface area contributed by atoms with Gasteiger partial charge in [0.25, 0.3) is 5.91 Å². The number of Topliss-reactive ketones (excluding diaryl/α,β-unsaturated/α-hetero) is 1. The van der Waals surface area contributed by atoms with Crippen molar-refractivity contribution < 1.29 is 27.5 Å². The maximum absolute atomic E-state index is 13.5. The predicted octanol–water partition coefficient (Wildman–Crippen LogP) is 7.25. The molecule has 4 aliphatic rings. The minimum absolute atomic E-state index is 0.0607. The summed E-state index contributed by atoms with van der Waals surface area (Å²) in [7, 11) is -2.32. The summed E-state index contributed by atoms with van der Waals surface area (Å²) in [6, 6.07) is 11.4. The lowest BCUT2D eigenvalue weighted by molar-refractivity contribution is -0.131. The van der Waals surface area contributed by atoms with E-state index < -0.39 is 26.8 Å². The zero-order valence-electron chi connectivity index (χ0n) is 28.7. The van der Waals surface area contributed by atoms with E-state index in [4.69, 9.17) is 32.7 Å². The van der Waals surface area contributed by atoms with Gasteiger partial charge in [0.1, 0.15) is 11.5 Å². The molecule has 1 N–H and O–H groups in total. The standard InChI is InChI=1S/C38H48Cl2N2O6S/c1-25-7-4-17-38(47-3,21-31(43)9-6-18-39)33-13-10-29(33)22-42-23-37(16-5-8-27-19-30(40)12-14-32(27)37)24-48-35-15-11-28(20-34(35)42)36(44)41-49(45,46)26(25)2/h4,11-12,14-15,17,19-20,25-26,29,33H,5-10,13,16,18,21-24H2,1-3H3,(H,41,44)/b17-4+/t25-,26+,29-,33+,37-,38+/m0/s1. The molecule has 6 rings (SSSR count). The lowest BCUT2D eigenvalue weighted by Gasteiger charge is -2.50. The predicted molar refractivity (Wildman–Crippen MR) is 195 cm³/mol. The number of ether oxygens (including phenoxy) is 2. The number of allylic oxidation sites excluding steroid dienone is 1. The van der Waals surface area contributed by atoms with Gasteiger partial charge in [0.05, 0.1) is 23.1 Å². The fraction of sp³-hybridized carbons (Fsp3) is 0.579. The van der Waals surface area contributed by atoms with E-state index in [-0.39, 0.29) is 40.9 Å². The number of nitrogens with zero attached hydrogens (tertiary/aromatic N) is 1. The molecule has 0 aromatic heterocycles. The molecular weight excluding hydrogens is 683 g/mol. The Hall–Kier alpha value is -2.59. The van der Waals surface area contributed by atoms with E-state index in [0.29, 0.717) is 50.6 Å². The summed E-state index contributed by atoms with van der Waals surface area (Å²) in [5, 5.41) is -0.122. The molecule has 11 heteroatoms. The molecule has 266 valence electrons. The van der Waals surface area contributed by atoms with Crippen molar-refractivity contribution >= 4 is 50.6 Å². The second kappa shape index (κ2) is 14.6. The van der Waals surface area contributed by atoms with Gasteiger partial charge in [-0.05, 0) is 111 Å². The summed E-state index contributed by atoms with van der Waals surface area (Å²) in [6.07, 6.45) is 10.4. The third-order valence-corrected chi connectivity index (χ3v) is 14.1. The number of halogens is 2. The van der Waals surface area contributed by atoms with Gasteiger partial charge in [0.15, 0.2) is 0 Å². The van der Waals surface area contributed by atoms with Gasteiger partial charge >= 0.3 is 0 Å². The lowest BCUT2D eigenvalue weighted by atomic mass is 9.62. The van der Waals surface area contributed by atoms with Crippen LogP contribution in [0.4, 0.5) is 5.69 Å². The summed E-state index contributed by atoms with van der Waals surface area (Å²) in [5.74, 6) is 0.488. The average molecular weight is 732 g/mol. The monoisotopic (exact) mass is 730 g/mol. The van der Waals surface area contributed by atoms with Crippen molar-refractivity contribution in [2.75, 3.05) is 37.6 Å². The third-order valence-electron chi connectivity index (χ3n) is 11.7. The molecule has 1 spiro atoms. The lowest BCUT2D eigenvalue weighted by Crippen LogP contribution is -2.53. The largest absolute Gasteiger partial charge is 0.490 e.